The standard InChI is InChI=1S/C7H13NO2.ClH/c1-8-4-3-6(5-8)7(9)10-2;/h6H,3-5H2,1-2H3;1H. The van der Waals surface area contributed by atoms with Gasteiger partial charge in [0.1, 0.15) is 0 Å². The molecular formula is C7H14ClNO2. The number of hydrogen-bond acceptors (Lipinski definition) is 3. The first-order valence-corrected chi connectivity index (χ1v) is 3.50. The van der Waals surface area contributed by atoms with Crippen LogP contribution < -0.4 is 0 Å². The maximum absolute atomic E-state index is 10.9. The predicted molar refractivity (Wildman–Crippen MR) is 44.9 cm³/mol. The van der Waals surface area contributed by atoms with E-state index in [0.717, 1.165) is 19.5 Å². The molecule has 0 radical (unpaired) electrons. The first kappa shape index (κ1) is 10.7. The van der Waals surface area contributed by atoms with Crippen LogP contribution in [0.1, 0.15) is 6.42 Å². The number of nitrogens with zero attached hydrogens (tertiary/aromatic N) is 1. The van der Waals surface area contributed by atoms with Crippen LogP contribution in [0.2, 0.25) is 0 Å². The maximum Gasteiger partial charge on any atom is 0.310 e. The summed E-state index contributed by atoms with van der Waals surface area (Å²) in [5, 5.41) is 0. The largest absolute Gasteiger partial charge is 0.469 e. The molecule has 1 fully saturated rings. The summed E-state index contributed by atoms with van der Waals surface area (Å²) >= 11 is 0. The van der Waals surface area contributed by atoms with Gasteiger partial charge in [-0.2, -0.15) is 0 Å². The van der Waals surface area contributed by atoms with Gasteiger partial charge in [0.2, 0.25) is 0 Å². The third kappa shape index (κ3) is 2.67. The second-order valence-electron chi connectivity index (χ2n) is 2.77. The van der Waals surface area contributed by atoms with Gasteiger partial charge in [0, 0.05) is 6.54 Å². The Balaban J connectivity index is 0.000001000. The predicted octanol–water partition coefficient (Wildman–Crippen LogP) is 0.533. The van der Waals surface area contributed by atoms with E-state index in [1.807, 2.05) is 7.05 Å². The lowest BCUT2D eigenvalue weighted by molar-refractivity contribution is -0.144. The normalized spacial score (nSPS) is 24.4. The Hall–Kier alpha value is -0.280. The van der Waals surface area contributed by atoms with E-state index >= 15 is 0 Å². The van der Waals surface area contributed by atoms with E-state index in [9.17, 15) is 4.79 Å². The molecule has 0 N–H and O–H groups in total. The highest BCUT2D eigenvalue weighted by atomic mass is 35.5. The second kappa shape index (κ2) is 4.57. The van der Waals surface area contributed by atoms with Gasteiger partial charge in [0.15, 0.2) is 0 Å². The Morgan fingerprint density at radius 3 is 2.64 bits per heavy atom. The lowest BCUT2D eigenvalue weighted by atomic mass is 10.1. The monoisotopic (exact) mass is 179 g/mol. The Kier molecular flexibility index (Phi) is 4.45. The summed E-state index contributed by atoms with van der Waals surface area (Å²) in [6.45, 7) is 1.87. The number of hydrogen-bond donors (Lipinski definition) is 0. The van der Waals surface area contributed by atoms with Crippen molar-refractivity contribution < 1.29 is 9.53 Å². The zero-order valence-corrected chi connectivity index (χ0v) is 7.69. The van der Waals surface area contributed by atoms with Crippen molar-refractivity contribution in [2.45, 2.75) is 6.42 Å². The smallest absolute Gasteiger partial charge is 0.310 e. The number of carbonyl (C=O) groups excluding carboxylic acids is 1. The molecular weight excluding hydrogens is 166 g/mol. The average molecular weight is 180 g/mol. The number of methoxy groups -OCH3 is 1. The Morgan fingerprint density at radius 1 is 1.64 bits per heavy atom. The highest BCUT2D eigenvalue weighted by Crippen LogP contribution is 2.14. The van der Waals surface area contributed by atoms with Gasteiger partial charge >= 0.3 is 5.97 Å². The molecule has 1 rings (SSSR count). The molecule has 0 aromatic rings. The van der Waals surface area contributed by atoms with Crippen molar-refractivity contribution in [2.24, 2.45) is 5.92 Å². The molecule has 0 aromatic carbocycles. The lowest BCUT2D eigenvalue weighted by Crippen LogP contribution is -2.20. The minimum Gasteiger partial charge on any atom is -0.469 e. The fourth-order valence-electron chi connectivity index (χ4n) is 1.29. The van der Waals surface area contributed by atoms with Gasteiger partial charge in [-0.3, -0.25) is 4.79 Å². The molecule has 1 atom stereocenters. The van der Waals surface area contributed by atoms with E-state index in [1.54, 1.807) is 0 Å². The summed E-state index contributed by atoms with van der Waals surface area (Å²) in [6.07, 6.45) is 0.948. The van der Waals surface area contributed by atoms with Gasteiger partial charge in [-0.05, 0) is 20.0 Å². The molecule has 0 saturated carbocycles. The summed E-state index contributed by atoms with van der Waals surface area (Å²) in [7, 11) is 3.46. The van der Waals surface area contributed by atoms with Crippen molar-refractivity contribution in [2.75, 3.05) is 27.2 Å². The zero-order chi connectivity index (χ0) is 7.56. The molecule has 11 heavy (non-hydrogen) atoms. The molecule has 1 saturated heterocycles. The van der Waals surface area contributed by atoms with Gasteiger partial charge in [-0.25, -0.2) is 0 Å². The second-order valence-corrected chi connectivity index (χ2v) is 2.77. The molecule has 1 unspecified atom stereocenters. The van der Waals surface area contributed by atoms with Gasteiger partial charge in [0.25, 0.3) is 0 Å². The lowest BCUT2D eigenvalue weighted by Gasteiger charge is -2.06. The Labute approximate surface area is 73.1 Å². The summed E-state index contributed by atoms with van der Waals surface area (Å²) in [5.41, 5.74) is 0. The van der Waals surface area contributed by atoms with Crippen molar-refractivity contribution in [3.63, 3.8) is 0 Å². The van der Waals surface area contributed by atoms with Gasteiger partial charge in [0.05, 0.1) is 13.0 Å². The summed E-state index contributed by atoms with van der Waals surface area (Å²) in [4.78, 5) is 13.1. The summed E-state index contributed by atoms with van der Waals surface area (Å²) in [5.74, 6) is 0.0550. The van der Waals surface area contributed by atoms with Crippen LogP contribution in [0.4, 0.5) is 0 Å². The number of likely N-dealkylation sites (tertiary alicyclic amines) is 1. The van der Waals surface area contributed by atoms with Crippen molar-refractivity contribution in [1.29, 1.82) is 0 Å². The molecule has 0 aliphatic carbocycles. The Morgan fingerprint density at radius 2 is 2.27 bits per heavy atom. The SMILES string of the molecule is COC(=O)C1CCN(C)C1.Cl. The molecule has 3 nitrogen and oxygen atoms in total. The minimum atomic E-state index is -0.0654. The van der Waals surface area contributed by atoms with E-state index in [2.05, 4.69) is 9.64 Å². The van der Waals surface area contributed by atoms with E-state index in [0.29, 0.717) is 0 Å². The molecule has 0 aromatic heterocycles. The van der Waals surface area contributed by atoms with Gasteiger partial charge < -0.3 is 9.64 Å². The number of carbonyl (C=O) groups is 1. The van der Waals surface area contributed by atoms with Crippen LogP contribution in [0.15, 0.2) is 0 Å². The molecule has 0 amide bonds. The fraction of sp³-hybridized carbons (Fsp3) is 0.857. The topological polar surface area (TPSA) is 29.5 Å². The average Bonchev–Trinajstić information content (AvgIpc) is 2.34. The summed E-state index contributed by atoms with van der Waals surface area (Å²) in [6, 6.07) is 0. The minimum absolute atomic E-state index is 0. The highest BCUT2D eigenvalue weighted by molar-refractivity contribution is 5.85. The highest BCUT2D eigenvalue weighted by Gasteiger charge is 2.26. The molecule has 1 aliphatic heterocycles. The number of halogens is 1. The number of esters is 1. The number of ether oxygens (including phenoxy) is 1. The molecule has 1 aliphatic rings. The van der Waals surface area contributed by atoms with Crippen LogP contribution in [-0.4, -0.2) is 38.1 Å². The first-order valence-electron chi connectivity index (χ1n) is 3.50. The third-order valence-electron chi connectivity index (χ3n) is 1.93. The van der Waals surface area contributed by atoms with Crippen molar-refractivity contribution >= 4 is 18.4 Å². The van der Waals surface area contributed by atoms with Gasteiger partial charge in [-0.15, -0.1) is 12.4 Å². The summed E-state index contributed by atoms with van der Waals surface area (Å²) < 4.78 is 4.62. The molecule has 66 valence electrons. The van der Waals surface area contributed by atoms with Crippen LogP contribution in [0.5, 0.6) is 0 Å². The molecule has 4 heteroatoms. The third-order valence-corrected chi connectivity index (χ3v) is 1.93. The zero-order valence-electron chi connectivity index (χ0n) is 6.87. The quantitative estimate of drug-likeness (QED) is 0.551. The Bertz CT molecular complexity index is 140. The van der Waals surface area contributed by atoms with Crippen LogP contribution >= 0.6 is 12.4 Å². The first-order chi connectivity index (χ1) is 4.74. The van der Waals surface area contributed by atoms with E-state index < -0.39 is 0 Å². The molecule has 0 bridgehead atoms. The molecule has 0 spiro atoms. The van der Waals surface area contributed by atoms with Crippen LogP contribution in [-0.2, 0) is 9.53 Å². The number of rotatable bonds is 1. The van der Waals surface area contributed by atoms with Gasteiger partial charge in [-0.1, -0.05) is 0 Å². The maximum atomic E-state index is 10.9. The fourth-order valence-corrected chi connectivity index (χ4v) is 1.29. The van der Waals surface area contributed by atoms with E-state index in [1.165, 1.54) is 7.11 Å². The van der Waals surface area contributed by atoms with Crippen molar-refractivity contribution in [3.8, 4) is 0 Å². The molecule has 1 heterocycles. The van der Waals surface area contributed by atoms with Crippen LogP contribution in [0.25, 0.3) is 0 Å². The van der Waals surface area contributed by atoms with Crippen LogP contribution in [0.3, 0.4) is 0 Å². The van der Waals surface area contributed by atoms with Crippen LogP contribution in [0, 0.1) is 5.92 Å². The van der Waals surface area contributed by atoms with E-state index in [4.69, 9.17) is 0 Å². The van der Waals surface area contributed by atoms with Crippen molar-refractivity contribution in [1.82, 2.24) is 4.90 Å². The van der Waals surface area contributed by atoms with Crippen molar-refractivity contribution in [3.05, 3.63) is 0 Å². The van der Waals surface area contributed by atoms with E-state index in [-0.39, 0.29) is 24.3 Å².